The zero-order valence-corrected chi connectivity index (χ0v) is 86.1. The second kappa shape index (κ2) is 39.9. The number of benzene rings is 23. The van der Waals surface area contributed by atoms with E-state index in [1.54, 1.807) is 0 Å². The van der Waals surface area contributed by atoms with E-state index >= 15 is 0 Å². The summed E-state index contributed by atoms with van der Waals surface area (Å²) >= 11 is 11.1. The number of anilines is 18. The van der Waals surface area contributed by atoms with Crippen LogP contribution in [0.4, 0.5) is 102 Å². The summed E-state index contributed by atoms with van der Waals surface area (Å²) in [6.07, 6.45) is 0. The molecule has 0 N–H and O–H groups in total. The van der Waals surface area contributed by atoms with Crippen molar-refractivity contribution >= 4 is 291 Å². The predicted molar refractivity (Wildman–Crippen MR) is 656 cm³/mol. The van der Waals surface area contributed by atoms with Crippen LogP contribution in [0.5, 0.6) is 0 Å². The van der Waals surface area contributed by atoms with Gasteiger partial charge in [-0.2, -0.15) is 0 Å². The van der Waals surface area contributed by atoms with Crippen molar-refractivity contribution in [2.75, 3.05) is 29.4 Å². The fraction of sp³-hybridized carbons (Fsp3) is 0. The van der Waals surface area contributed by atoms with Crippen LogP contribution >= 0.6 is 68.0 Å². The molecule has 0 saturated heterocycles. The number of nitrogens with zero attached hydrogens (tertiary/aromatic N) is 6. The first kappa shape index (κ1) is 90.9. The zero-order valence-electron chi connectivity index (χ0n) is 81.2. The molecule has 0 bridgehead atoms. The van der Waals surface area contributed by atoms with Crippen LogP contribution in [-0.4, -0.2) is 0 Å². The Morgan fingerprint density at radius 1 is 0.100 bits per heavy atom. The van der Waals surface area contributed by atoms with E-state index in [0.717, 1.165) is 102 Å². The second-order valence-electron chi connectivity index (χ2n) is 37.4. The largest absolute Gasteiger partial charge is 0.310 e. The highest BCUT2D eigenvalue weighted by atomic mass is 32.1. The first-order valence-corrected chi connectivity index (χ1v) is 55.3. The molecule has 0 amide bonds. The first-order valence-electron chi connectivity index (χ1n) is 50.4. The Balaban J connectivity index is 0.000000111. The molecular weight excluding hydrogens is 1930 g/mol. The third kappa shape index (κ3) is 17.4. The average Bonchev–Trinajstić information content (AvgIpc) is 1.52. The van der Waals surface area contributed by atoms with E-state index in [-0.39, 0.29) is 0 Å². The number of rotatable bonds is 20. The molecule has 12 heteroatoms. The highest BCUT2D eigenvalue weighted by Crippen LogP contribution is 2.53. The molecule has 23 aromatic carbocycles. The average molecular weight is 2030 g/mol. The SMILES string of the molecule is c1ccc(-c2ccc(N(c3ccc4c(c3)sc3ccc(N(c5ccccc5)c5ccccc5)cc34)c3ccc4sc5ccccc5c4c3)cc2)cc1.c1ccc(-c2ccccc2N(c2ccc3c(c2)sc2ccc(N(c4ccccc4)c4ccccc4)cc23)c2ccc3sc4ccccc4c3c2)cc1.c1ccc(N(c2ccc3c(c2)sc2ccc(N(c4ccccc4)c4ccccc4)cc23)c2ccc3sc4ccccc4c3c2)cc1. The Morgan fingerprint density at radius 3 is 0.573 bits per heavy atom. The summed E-state index contributed by atoms with van der Waals surface area (Å²) in [7, 11) is 0. The molecule has 0 aliphatic carbocycles. The minimum absolute atomic E-state index is 1.13. The highest BCUT2D eigenvalue weighted by molar-refractivity contribution is 7.28. The Bertz CT molecular complexity index is 9880. The first-order chi connectivity index (χ1) is 74.3. The van der Waals surface area contributed by atoms with Crippen molar-refractivity contribution in [3.05, 3.63) is 558 Å². The van der Waals surface area contributed by atoms with Crippen molar-refractivity contribution in [1.29, 1.82) is 0 Å². The van der Waals surface area contributed by atoms with Crippen molar-refractivity contribution in [1.82, 2.24) is 0 Å². The lowest BCUT2D eigenvalue weighted by Crippen LogP contribution is -2.11. The van der Waals surface area contributed by atoms with Gasteiger partial charge >= 0.3 is 0 Å². The topological polar surface area (TPSA) is 19.4 Å². The Morgan fingerprint density at radius 2 is 0.280 bits per heavy atom. The molecule has 0 saturated carbocycles. The number of fused-ring (bicyclic) bond motifs is 18. The smallest absolute Gasteiger partial charge is 0.0540 e. The lowest BCUT2D eigenvalue weighted by molar-refractivity contribution is 1.29. The maximum atomic E-state index is 2.44. The summed E-state index contributed by atoms with van der Waals surface area (Å²) in [5.74, 6) is 0. The third-order valence-electron chi connectivity index (χ3n) is 28.3. The van der Waals surface area contributed by atoms with Gasteiger partial charge in [0.1, 0.15) is 0 Å². The van der Waals surface area contributed by atoms with Gasteiger partial charge in [-0.25, -0.2) is 0 Å². The minimum atomic E-state index is 1.13. The van der Waals surface area contributed by atoms with E-state index in [1.807, 2.05) is 68.0 Å². The van der Waals surface area contributed by atoms with Crippen LogP contribution in [0.15, 0.2) is 558 Å². The second-order valence-corrected chi connectivity index (χ2v) is 43.9. The van der Waals surface area contributed by atoms with Gasteiger partial charge in [0, 0.05) is 223 Å². The van der Waals surface area contributed by atoms with Crippen molar-refractivity contribution in [3.8, 4) is 22.3 Å². The van der Waals surface area contributed by atoms with Gasteiger partial charge in [0.2, 0.25) is 0 Å². The minimum Gasteiger partial charge on any atom is -0.310 e. The third-order valence-corrected chi connectivity index (χ3v) is 35.1. The van der Waals surface area contributed by atoms with Crippen LogP contribution in [-0.2, 0) is 0 Å². The van der Waals surface area contributed by atoms with E-state index < -0.39 is 0 Å². The van der Waals surface area contributed by atoms with Crippen molar-refractivity contribution in [3.63, 3.8) is 0 Å². The van der Waals surface area contributed by atoms with Gasteiger partial charge in [0.25, 0.3) is 0 Å². The molecule has 0 radical (unpaired) electrons. The molecule has 0 unspecified atom stereocenters. The van der Waals surface area contributed by atoms with Crippen LogP contribution in [0.25, 0.3) is 143 Å². The molecular formula is C138H92N6S6. The van der Waals surface area contributed by atoms with Crippen molar-refractivity contribution < 1.29 is 0 Å². The fourth-order valence-corrected chi connectivity index (χ4v) is 27.9. The predicted octanol–water partition coefficient (Wildman–Crippen LogP) is 43.4. The normalized spacial score (nSPS) is 11.5. The van der Waals surface area contributed by atoms with Crippen LogP contribution in [0.3, 0.4) is 0 Å². The van der Waals surface area contributed by atoms with Gasteiger partial charge in [0.05, 0.1) is 5.69 Å². The number of hydrogen-bond acceptors (Lipinski definition) is 12. The molecule has 29 rings (SSSR count). The molecule has 710 valence electrons. The lowest BCUT2D eigenvalue weighted by Gasteiger charge is -2.28. The molecule has 0 fully saturated rings. The highest BCUT2D eigenvalue weighted by Gasteiger charge is 2.27. The number of para-hydroxylation sites is 8. The Hall–Kier alpha value is -17.8. The van der Waals surface area contributed by atoms with Gasteiger partial charge in [-0.05, 0) is 284 Å². The monoisotopic (exact) mass is 2020 g/mol. The van der Waals surface area contributed by atoms with Crippen LogP contribution in [0.2, 0.25) is 0 Å². The van der Waals surface area contributed by atoms with Crippen LogP contribution in [0, 0.1) is 0 Å². The Kier molecular flexibility index (Phi) is 24.2. The van der Waals surface area contributed by atoms with Crippen LogP contribution < -0.4 is 29.4 Å². The molecule has 0 aliphatic heterocycles. The molecule has 6 aromatic heterocycles. The molecule has 0 aliphatic rings. The molecule has 0 spiro atoms. The van der Waals surface area contributed by atoms with E-state index in [2.05, 4.69) is 588 Å². The van der Waals surface area contributed by atoms with E-state index in [0.29, 0.717) is 0 Å². The summed E-state index contributed by atoms with van der Waals surface area (Å²) in [5.41, 5.74) is 25.4. The zero-order chi connectivity index (χ0) is 99.3. The number of thiophene rings is 6. The lowest BCUT2D eigenvalue weighted by atomic mass is 10.0. The number of hydrogen-bond donors (Lipinski definition) is 0. The summed E-state index contributed by atoms with van der Waals surface area (Å²) in [5, 5.41) is 15.4. The molecule has 6 nitrogen and oxygen atoms in total. The van der Waals surface area contributed by atoms with Gasteiger partial charge < -0.3 is 29.4 Å². The summed E-state index contributed by atoms with van der Waals surface area (Å²) < 4.78 is 15.5. The fourth-order valence-electron chi connectivity index (χ4n) is 21.3. The summed E-state index contributed by atoms with van der Waals surface area (Å²) in [6, 6.07) is 202. The maximum Gasteiger partial charge on any atom is 0.0540 e. The summed E-state index contributed by atoms with van der Waals surface area (Å²) in [6.45, 7) is 0. The molecule has 6 heterocycles. The van der Waals surface area contributed by atoms with E-state index in [4.69, 9.17) is 0 Å². The van der Waals surface area contributed by atoms with E-state index in [9.17, 15) is 0 Å². The summed E-state index contributed by atoms with van der Waals surface area (Å²) in [4.78, 5) is 14.2. The van der Waals surface area contributed by atoms with Crippen molar-refractivity contribution in [2.24, 2.45) is 0 Å². The molecule has 0 atom stereocenters. The van der Waals surface area contributed by atoms with Crippen LogP contribution in [0.1, 0.15) is 0 Å². The standard InChI is InChI=1S/2C48H32N2S2.C42H28N2S2/c1-4-14-33(15-5-1)39-20-10-12-22-44(39)50(37-26-29-46-42(31-37)40-21-11-13-23-45(40)51-46)38-24-27-41-43-30-36(25-28-47(43)52-48(41)32-38)49(34-16-6-2-7-17-34)35-18-8-3-9-19-35;1-4-12-33(13-5-1)34-20-22-37(23-21-34)50(39-26-28-46-43(31-39)41-18-10-11-19-45(41)51-46)40-24-27-42-44-30-38(25-29-47(44)52-48(42)32-40)49(35-14-6-2-7-15-35)36-16-8-3-9-17-36;1-4-12-29(13-5-1)43(30-14-6-2-7-15-30)32-21-25-41-38(26-32)36-23-20-34(28-42(36)46-41)44(31-16-8-3-9-17-31)33-22-24-40-37(27-33)35-18-10-11-19-39(35)45-40/h2*1-32H;1-28H. The maximum absolute atomic E-state index is 2.44. The molecule has 150 heavy (non-hydrogen) atoms. The van der Waals surface area contributed by atoms with Gasteiger partial charge in [-0.15, -0.1) is 68.0 Å². The quantitative estimate of drug-likeness (QED) is 0.0752. The Labute approximate surface area is 893 Å². The van der Waals surface area contributed by atoms with Gasteiger partial charge in [0.15, 0.2) is 0 Å². The van der Waals surface area contributed by atoms with Crippen molar-refractivity contribution in [2.45, 2.75) is 0 Å². The van der Waals surface area contributed by atoms with Gasteiger partial charge in [-0.3, -0.25) is 0 Å². The molecule has 29 aromatic rings. The van der Waals surface area contributed by atoms with E-state index in [1.165, 1.54) is 143 Å². The van der Waals surface area contributed by atoms with Gasteiger partial charge in [-0.1, -0.05) is 291 Å².